The molecule has 0 aliphatic heterocycles. The molecule has 0 fully saturated rings. The Labute approximate surface area is 58.1 Å². The van der Waals surface area contributed by atoms with Crippen molar-refractivity contribution in [2.24, 2.45) is 0 Å². The number of hydrogen-bond acceptors (Lipinski definition) is 0. The maximum Gasteiger partial charge on any atom is 0 e. The van der Waals surface area contributed by atoms with Crippen molar-refractivity contribution < 1.29 is 19.5 Å². The molecule has 0 atom stereocenters. The van der Waals surface area contributed by atoms with E-state index < -0.39 is 0 Å². The fraction of sp³-hybridized carbons (Fsp3) is 0.333. The van der Waals surface area contributed by atoms with Crippen LogP contribution < -0.4 is 0 Å². The summed E-state index contributed by atoms with van der Waals surface area (Å²) in [5.41, 5.74) is 0. The van der Waals surface area contributed by atoms with Gasteiger partial charge in [0.25, 0.3) is 0 Å². The standard InChI is InChI=1S/C6H10.Ru/c1-3-5-6-4-2;/h3-4H,1-2,5-6H2;. The molecule has 0 aliphatic carbocycles. The van der Waals surface area contributed by atoms with Gasteiger partial charge in [0.15, 0.2) is 0 Å². The summed E-state index contributed by atoms with van der Waals surface area (Å²) >= 11 is 0. The van der Waals surface area contributed by atoms with Crippen LogP contribution in [0.2, 0.25) is 0 Å². The van der Waals surface area contributed by atoms with Gasteiger partial charge in [0.1, 0.15) is 0 Å². The first-order valence-electron chi connectivity index (χ1n) is 2.13. The molecule has 0 aliphatic rings. The summed E-state index contributed by atoms with van der Waals surface area (Å²) in [6.45, 7) is 7.10. The molecule has 42 valence electrons. The van der Waals surface area contributed by atoms with Crippen molar-refractivity contribution in [2.75, 3.05) is 0 Å². The summed E-state index contributed by atoms with van der Waals surface area (Å²) in [7, 11) is 0. The summed E-state index contributed by atoms with van der Waals surface area (Å²) in [5, 5.41) is 0. The molecule has 0 radical (unpaired) electrons. The Kier molecular flexibility index (Phi) is 13.7. The van der Waals surface area contributed by atoms with Crippen LogP contribution in [0.3, 0.4) is 0 Å². The predicted molar refractivity (Wildman–Crippen MR) is 29.6 cm³/mol. The van der Waals surface area contributed by atoms with E-state index in [1.165, 1.54) is 0 Å². The minimum atomic E-state index is 0. The van der Waals surface area contributed by atoms with E-state index in [-0.39, 0.29) is 19.5 Å². The molecular formula is C6H10Ru. The van der Waals surface area contributed by atoms with Crippen LogP contribution in [0.25, 0.3) is 0 Å². The Morgan fingerprint density at radius 1 is 1.00 bits per heavy atom. The Morgan fingerprint density at radius 2 is 1.29 bits per heavy atom. The third kappa shape index (κ3) is 10.7. The Balaban J connectivity index is 0. The van der Waals surface area contributed by atoms with Gasteiger partial charge in [0.2, 0.25) is 0 Å². The molecule has 0 saturated heterocycles. The van der Waals surface area contributed by atoms with Crippen LogP contribution in [0.4, 0.5) is 0 Å². The molecule has 7 heavy (non-hydrogen) atoms. The SMILES string of the molecule is C=CCCC=C.[Ru]. The van der Waals surface area contributed by atoms with Gasteiger partial charge in [-0.05, 0) is 12.8 Å². The van der Waals surface area contributed by atoms with Gasteiger partial charge in [0.05, 0.1) is 0 Å². The second-order valence-corrected chi connectivity index (χ2v) is 1.15. The molecule has 0 aromatic carbocycles. The molecule has 0 amide bonds. The monoisotopic (exact) mass is 184 g/mol. The summed E-state index contributed by atoms with van der Waals surface area (Å²) in [6, 6.07) is 0. The predicted octanol–water partition coefficient (Wildman–Crippen LogP) is 2.14. The molecule has 0 bridgehead atoms. The van der Waals surface area contributed by atoms with E-state index in [9.17, 15) is 0 Å². The topological polar surface area (TPSA) is 0 Å². The van der Waals surface area contributed by atoms with Crippen LogP contribution in [0.5, 0.6) is 0 Å². The minimum absolute atomic E-state index is 0. The maximum atomic E-state index is 3.55. The first-order valence-corrected chi connectivity index (χ1v) is 2.13. The third-order valence-corrected chi connectivity index (χ3v) is 0.575. The van der Waals surface area contributed by atoms with E-state index in [0.717, 1.165) is 12.8 Å². The van der Waals surface area contributed by atoms with Crippen LogP contribution in [-0.4, -0.2) is 0 Å². The third-order valence-electron chi connectivity index (χ3n) is 0.575. The number of unbranched alkanes of at least 4 members (excludes halogenated alkanes) is 1. The molecule has 0 saturated carbocycles. The van der Waals surface area contributed by atoms with Gasteiger partial charge in [-0.3, -0.25) is 0 Å². The van der Waals surface area contributed by atoms with Crippen LogP contribution in [-0.2, 0) is 19.5 Å². The summed E-state index contributed by atoms with van der Waals surface area (Å²) in [5.74, 6) is 0. The van der Waals surface area contributed by atoms with Crippen molar-refractivity contribution in [3.8, 4) is 0 Å². The number of hydrogen-bond donors (Lipinski definition) is 0. The van der Waals surface area contributed by atoms with Gasteiger partial charge in [0, 0.05) is 19.5 Å². The second kappa shape index (κ2) is 9.44. The van der Waals surface area contributed by atoms with Gasteiger partial charge in [-0.25, -0.2) is 0 Å². The van der Waals surface area contributed by atoms with Crippen molar-refractivity contribution in [1.82, 2.24) is 0 Å². The van der Waals surface area contributed by atoms with Crippen molar-refractivity contribution >= 4 is 0 Å². The minimum Gasteiger partial charge on any atom is -0.103 e. The Morgan fingerprint density at radius 3 is 1.43 bits per heavy atom. The second-order valence-electron chi connectivity index (χ2n) is 1.15. The van der Waals surface area contributed by atoms with E-state index in [1.54, 1.807) is 0 Å². The Bertz CT molecular complexity index is 40.1. The molecule has 0 rings (SSSR count). The number of allylic oxidation sites excluding steroid dienone is 2. The van der Waals surface area contributed by atoms with Gasteiger partial charge < -0.3 is 0 Å². The first-order chi connectivity index (χ1) is 2.91. The van der Waals surface area contributed by atoms with E-state index >= 15 is 0 Å². The maximum absolute atomic E-state index is 3.55. The quantitative estimate of drug-likeness (QED) is 0.357. The van der Waals surface area contributed by atoms with E-state index in [0.29, 0.717) is 0 Å². The summed E-state index contributed by atoms with van der Waals surface area (Å²) in [4.78, 5) is 0. The summed E-state index contributed by atoms with van der Waals surface area (Å²) < 4.78 is 0. The zero-order chi connectivity index (χ0) is 4.83. The molecule has 0 nitrogen and oxygen atoms in total. The molecule has 0 aromatic heterocycles. The van der Waals surface area contributed by atoms with Gasteiger partial charge >= 0.3 is 0 Å². The van der Waals surface area contributed by atoms with Crippen molar-refractivity contribution in [3.63, 3.8) is 0 Å². The average molecular weight is 183 g/mol. The molecule has 0 aromatic rings. The van der Waals surface area contributed by atoms with Crippen LogP contribution >= 0.6 is 0 Å². The fourth-order valence-corrected chi connectivity index (χ4v) is 0.236. The zero-order valence-corrected chi connectivity index (χ0v) is 6.07. The molecular weight excluding hydrogens is 173 g/mol. The van der Waals surface area contributed by atoms with E-state index in [2.05, 4.69) is 13.2 Å². The normalized spacial score (nSPS) is 6.29. The number of rotatable bonds is 3. The Hall–Kier alpha value is 0.103. The van der Waals surface area contributed by atoms with E-state index in [4.69, 9.17) is 0 Å². The largest absolute Gasteiger partial charge is 0.103 e. The molecule has 0 spiro atoms. The zero-order valence-electron chi connectivity index (χ0n) is 4.34. The molecule has 0 N–H and O–H groups in total. The molecule has 1 heteroatoms. The van der Waals surface area contributed by atoms with Crippen molar-refractivity contribution in [2.45, 2.75) is 12.8 Å². The fourth-order valence-electron chi connectivity index (χ4n) is 0.236. The van der Waals surface area contributed by atoms with Crippen LogP contribution in [0, 0.1) is 0 Å². The van der Waals surface area contributed by atoms with Gasteiger partial charge in [-0.15, -0.1) is 13.2 Å². The van der Waals surface area contributed by atoms with Gasteiger partial charge in [-0.1, -0.05) is 12.2 Å². The first kappa shape index (κ1) is 10.2. The smallest absolute Gasteiger partial charge is 0 e. The van der Waals surface area contributed by atoms with E-state index in [1.807, 2.05) is 12.2 Å². The van der Waals surface area contributed by atoms with Gasteiger partial charge in [-0.2, -0.15) is 0 Å². The molecule has 0 unspecified atom stereocenters. The molecule has 0 heterocycles. The average Bonchev–Trinajstić information content (AvgIpc) is 1.61. The van der Waals surface area contributed by atoms with Crippen molar-refractivity contribution in [1.29, 1.82) is 0 Å². The summed E-state index contributed by atoms with van der Waals surface area (Å²) in [6.07, 6.45) is 5.90. The van der Waals surface area contributed by atoms with Crippen LogP contribution in [0.1, 0.15) is 12.8 Å². The van der Waals surface area contributed by atoms with Crippen LogP contribution in [0.15, 0.2) is 25.3 Å². The van der Waals surface area contributed by atoms with Crippen molar-refractivity contribution in [3.05, 3.63) is 25.3 Å².